The molecule has 10 heteroatoms. The third-order valence-electron chi connectivity index (χ3n) is 6.41. The number of methoxy groups -OCH3 is 2. The van der Waals surface area contributed by atoms with Gasteiger partial charge in [0.05, 0.1) is 24.8 Å². The van der Waals surface area contributed by atoms with E-state index in [1.165, 1.54) is 37.3 Å². The molecular formula is C31H39N3O6S. The number of amides is 2. The van der Waals surface area contributed by atoms with Crippen LogP contribution >= 0.6 is 0 Å². The zero-order valence-electron chi connectivity index (χ0n) is 24.5. The van der Waals surface area contributed by atoms with E-state index in [4.69, 9.17) is 9.47 Å². The second kappa shape index (κ2) is 13.5. The van der Waals surface area contributed by atoms with Crippen LogP contribution in [0.2, 0.25) is 0 Å². The minimum atomic E-state index is -4.23. The number of benzene rings is 3. The highest BCUT2D eigenvalue weighted by atomic mass is 32.2. The van der Waals surface area contributed by atoms with Crippen LogP contribution in [0.3, 0.4) is 0 Å². The number of carbonyl (C=O) groups excluding carboxylic acids is 2. The Morgan fingerprint density at radius 2 is 1.51 bits per heavy atom. The Balaban J connectivity index is 2.06. The molecule has 0 aliphatic rings. The fourth-order valence-electron chi connectivity index (χ4n) is 4.27. The predicted molar refractivity (Wildman–Crippen MR) is 160 cm³/mol. The van der Waals surface area contributed by atoms with Gasteiger partial charge in [0.25, 0.3) is 10.0 Å². The van der Waals surface area contributed by atoms with Gasteiger partial charge in [-0.15, -0.1) is 0 Å². The van der Waals surface area contributed by atoms with Gasteiger partial charge in [-0.25, -0.2) is 8.42 Å². The smallest absolute Gasteiger partial charge is 0.264 e. The lowest BCUT2D eigenvalue weighted by Gasteiger charge is -2.33. The van der Waals surface area contributed by atoms with Crippen molar-refractivity contribution in [3.63, 3.8) is 0 Å². The number of sulfonamides is 1. The normalized spacial score (nSPS) is 12.2. The molecule has 0 heterocycles. The summed E-state index contributed by atoms with van der Waals surface area (Å²) >= 11 is 0. The van der Waals surface area contributed by atoms with E-state index in [2.05, 4.69) is 5.32 Å². The van der Waals surface area contributed by atoms with Gasteiger partial charge < -0.3 is 19.7 Å². The largest absolute Gasteiger partial charge is 0.497 e. The van der Waals surface area contributed by atoms with Crippen LogP contribution in [0.1, 0.15) is 33.3 Å². The first kappa shape index (κ1) is 31.5. The quantitative estimate of drug-likeness (QED) is 0.343. The fourth-order valence-corrected chi connectivity index (χ4v) is 5.71. The Morgan fingerprint density at radius 3 is 2.07 bits per heavy atom. The number of hydrogen-bond acceptors (Lipinski definition) is 6. The maximum Gasteiger partial charge on any atom is 0.264 e. The van der Waals surface area contributed by atoms with Crippen LogP contribution in [-0.2, 0) is 26.0 Å². The summed E-state index contributed by atoms with van der Waals surface area (Å²) < 4.78 is 39.9. The lowest BCUT2D eigenvalue weighted by atomic mass is 10.1. The van der Waals surface area contributed by atoms with Crippen molar-refractivity contribution in [1.82, 2.24) is 10.2 Å². The number of anilines is 1. The van der Waals surface area contributed by atoms with Crippen LogP contribution in [0.15, 0.2) is 83.8 Å². The molecule has 0 bridgehead atoms. The molecule has 41 heavy (non-hydrogen) atoms. The van der Waals surface area contributed by atoms with E-state index >= 15 is 0 Å². The summed E-state index contributed by atoms with van der Waals surface area (Å²) in [5.74, 6) is -0.245. The topological polar surface area (TPSA) is 105 Å². The summed E-state index contributed by atoms with van der Waals surface area (Å²) in [6, 6.07) is 21.3. The first-order valence-corrected chi connectivity index (χ1v) is 14.8. The summed E-state index contributed by atoms with van der Waals surface area (Å²) in [6.45, 7) is 6.86. The highest BCUT2D eigenvalue weighted by molar-refractivity contribution is 7.92. The van der Waals surface area contributed by atoms with E-state index in [1.54, 1.807) is 37.3 Å². The Labute approximate surface area is 243 Å². The first-order chi connectivity index (χ1) is 19.4. The van der Waals surface area contributed by atoms with Gasteiger partial charge in [-0.3, -0.25) is 13.9 Å². The van der Waals surface area contributed by atoms with Crippen molar-refractivity contribution in [2.24, 2.45) is 0 Å². The van der Waals surface area contributed by atoms with Crippen molar-refractivity contribution in [3.05, 3.63) is 84.4 Å². The first-order valence-electron chi connectivity index (χ1n) is 13.3. The van der Waals surface area contributed by atoms with E-state index in [9.17, 15) is 18.0 Å². The predicted octanol–water partition coefficient (Wildman–Crippen LogP) is 4.27. The van der Waals surface area contributed by atoms with Gasteiger partial charge in [0.1, 0.15) is 24.1 Å². The molecule has 220 valence electrons. The zero-order chi connectivity index (χ0) is 30.2. The number of rotatable bonds is 12. The zero-order valence-corrected chi connectivity index (χ0v) is 25.3. The van der Waals surface area contributed by atoms with Gasteiger partial charge in [-0.2, -0.15) is 0 Å². The highest BCUT2D eigenvalue weighted by Gasteiger charge is 2.34. The van der Waals surface area contributed by atoms with Crippen LogP contribution in [0.4, 0.5) is 5.69 Å². The van der Waals surface area contributed by atoms with Crippen molar-refractivity contribution in [2.75, 3.05) is 31.6 Å². The lowest BCUT2D eigenvalue weighted by Crippen LogP contribution is -2.55. The van der Waals surface area contributed by atoms with Gasteiger partial charge in [0.15, 0.2) is 0 Å². The molecule has 1 N–H and O–H groups in total. The Morgan fingerprint density at radius 1 is 0.902 bits per heavy atom. The third kappa shape index (κ3) is 8.23. The molecular weight excluding hydrogens is 542 g/mol. The maximum atomic E-state index is 14.1. The summed E-state index contributed by atoms with van der Waals surface area (Å²) in [6.07, 6.45) is 0.480. The number of ether oxygens (including phenoxy) is 2. The third-order valence-corrected chi connectivity index (χ3v) is 8.19. The molecule has 3 rings (SSSR count). The summed E-state index contributed by atoms with van der Waals surface area (Å²) in [4.78, 5) is 28.7. The SMILES string of the molecule is COc1ccc(OC)c(N(CC(=O)N(CCc2ccccc2)[C@H](C)C(=O)NC(C)(C)C)S(=O)(=O)c2ccccc2)c1. The number of hydrogen-bond donors (Lipinski definition) is 1. The van der Waals surface area contributed by atoms with Crippen LogP contribution in [0.5, 0.6) is 11.5 Å². The van der Waals surface area contributed by atoms with E-state index in [1.807, 2.05) is 51.1 Å². The molecule has 2 amide bonds. The molecule has 0 saturated carbocycles. The van der Waals surface area contributed by atoms with Crippen LogP contribution in [0, 0.1) is 0 Å². The summed E-state index contributed by atoms with van der Waals surface area (Å²) in [5.41, 5.74) is 0.603. The number of nitrogens with zero attached hydrogens (tertiary/aromatic N) is 2. The van der Waals surface area contributed by atoms with Gasteiger partial charge in [-0.1, -0.05) is 48.5 Å². The van der Waals surface area contributed by atoms with E-state index in [0.717, 1.165) is 9.87 Å². The molecule has 0 aliphatic heterocycles. The summed E-state index contributed by atoms with van der Waals surface area (Å²) in [7, 11) is -1.34. The molecule has 0 unspecified atom stereocenters. The molecule has 1 atom stereocenters. The molecule has 9 nitrogen and oxygen atoms in total. The Hall–Kier alpha value is -4.05. The van der Waals surface area contributed by atoms with Gasteiger partial charge in [0.2, 0.25) is 11.8 Å². The molecule has 3 aromatic carbocycles. The molecule has 0 radical (unpaired) electrons. The second-order valence-corrected chi connectivity index (χ2v) is 12.5. The van der Waals surface area contributed by atoms with E-state index < -0.39 is 34.1 Å². The lowest BCUT2D eigenvalue weighted by molar-refractivity contribution is -0.139. The van der Waals surface area contributed by atoms with Gasteiger partial charge in [0, 0.05) is 18.2 Å². The molecule has 0 aliphatic carbocycles. The van der Waals surface area contributed by atoms with Crippen molar-refractivity contribution < 1.29 is 27.5 Å². The standard InChI is InChI=1S/C31H39N3O6S/c1-23(30(36)32-31(2,3)4)33(20-19-24-13-9-7-10-14-24)29(35)22-34(41(37,38)26-15-11-8-12-16-26)27-21-25(39-5)17-18-28(27)40-6/h7-18,21,23H,19-20,22H2,1-6H3,(H,32,36)/t23-/m1/s1. The number of carbonyl (C=O) groups is 2. The van der Waals surface area contributed by atoms with Gasteiger partial charge in [-0.05, 0) is 63.9 Å². The Bertz CT molecular complexity index is 1420. The van der Waals surface area contributed by atoms with Crippen molar-refractivity contribution in [2.45, 2.75) is 50.6 Å². The monoisotopic (exact) mass is 581 g/mol. The van der Waals surface area contributed by atoms with Crippen molar-refractivity contribution in [1.29, 1.82) is 0 Å². The van der Waals surface area contributed by atoms with Crippen LogP contribution < -0.4 is 19.1 Å². The molecule has 3 aromatic rings. The Kier molecular flexibility index (Phi) is 10.4. The van der Waals surface area contributed by atoms with E-state index in [0.29, 0.717) is 12.2 Å². The maximum absolute atomic E-state index is 14.1. The summed E-state index contributed by atoms with van der Waals surface area (Å²) in [5, 5.41) is 2.93. The minimum Gasteiger partial charge on any atom is -0.497 e. The molecule has 0 spiro atoms. The fraction of sp³-hybridized carbons (Fsp3) is 0.355. The second-order valence-electron chi connectivity index (χ2n) is 10.6. The number of nitrogens with one attached hydrogen (secondary N) is 1. The average molecular weight is 582 g/mol. The van der Waals surface area contributed by atoms with E-state index in [-0.39, 0.29) is 28.8 Å². The molecule has 0 fully saturated rings. The van der Waals surface area contributed by atoms with Crippen LogP contribution in [0.25, 0.3) is 0 Å². The molecule has 0 saturated heterocycles. The van der Waals surface area contributed by atoms with Crippen molar-refractivity contribution in [3.8, 4) is 11.5 Å². The van der Waals surface area contributed by atoms with Crippen molar-refractivity contribution >= 4 is 27.5 Å². The van der Waals surface area contributed by atoms with Gasteiger partial charge >= 0.3 is 0 Å². The highest BCUT2D eigenvalue weighted by Crippen LogP contribution is 2.35. The van der Waals surface area contributed by atoms with Crippen LogP contribution in [-0.4, -0.2) is 64.0 Å². The molecule has 0 aromatic heterocycles. The average Bonchev–Trinajstić information content (AvgIpc) is 2.95. The minimum absolute atomic E-state index is 0.00651.